The van der Waals surface area contributed by atoms with Gasteiger partial charge < -0.3 is 14.2 Å². The van der Waals surface area contributed by atoms with Crippen LogP contribution in [0.25, 0.3) is 0 Å². The van der Waals surface area contributed by atoms with E-state index in [2.05, 4.69) is 32.9 Å². The van der Waals surface area contributed by atoms with Gasteiger partial charge in [0.1, 0.15) is 13.2 Å². The summed E-state index contributed by atoms with van der Waals surface area (Å²) in [6, 6.07) is 0. The van der Waals surface area contributed by atoms with Crippen molar-refractivity contribution in [2.75, 3.05) is 13.2 Å². The second-order valence-corrected chi connectivity index (χ2v) is 19.0. The Kier molecular flexibility index (Phi) is 52.8. The van der Waals surface area contributed by atoms with Crippen LogP contribution in [0.2, 0.25) is 0 Å². The third-order valence-electron chi connectivity index (χ3n) is 12.4. The van der Waals surface area contributed by atoms with Crippen molar-refractivity contribution in [2.45, 2.75) is 284 Å². The predicted octanol–water partition coefficient (Wildman–Crippen LogP) is 19.0. The number of ether oxygens (including phenoxy) is 3. The van der Waals surface area contributed by atoms with E-state index in [1.54, 1.807) is 0 Å². The Morgan fingerprint density at radius 3 is 0.910 bits per heavy atom. The number of allylic oxidation sites excluding steroid dienone is 12. The Hall–Kier alpha value is -3.15. The van der Waals surface area contributed by atoms with Crippen molar-refractivity contribution in [1.29, 1.82) is 0 Å². The zero-order valence-electron chi connectivity index (χ0n) is 44.2. The second kappa shape index (κ2) is 55.4. The number of carbonyl (C=O) groups excluding carboxylic acids is 3. The van der Waals surface area contributed by atoms with Crippen LogP contribution in [0, 0.1) is 0 Å². The first-order valence-corrected chi connectivity index (χ1v) is 28.5. The fourth-order valence-corrected chi connectivity index (χ4v) is 8.12. The molecule has 0 fully saturated rings. The minimum absolute atomic E-state index is 0.0861. The van der Waals surface area contributed by atoms with Crippen LogP contribution in [0.5, 0.6) is 0 Å². The first kappa shape index (κ1) is 63.8. The Bertz CT molecular complexity index is 1260. The molecule has 6 heteroatoms. The van der Waals surface area contributed by atoms with Gasteiger partial charge in [-0.3, -0.25) is 14.4 Å². The van der Waals surface area contributed by atoms with Gasteiger partial charge in [-0.25, -0.2) is 0 Å². The zero-order chi connectivity index (χ0) is 48.6. The lowest BCUT2D eigenvalue weighted by molar-refractivity contribution is -0.167. The fourth-order valence-electron chi connectivity index (χ4n) is 8.12. The Morgan fingerprint density at radius 1 is 0.313 bits per heavy atom. The Labute approximate surface area is 414 Å². The molecule has 0 heterocycles. The highest BCUT2D eigenvalue weighted by atomic mass is 16.6. The molecule has 0 saturated heterocycles. The average Bonchev–Trinajstić information content (AvgIpc) is 3.33. The highest BCUT2D eigenvalue weighted by molar-refractivity contribution is 5.71. The molecule has 67 heavy (non-hydrogen) atoms. The van der Waals surface area contributed by atoms with Crippen molar-refractivity contribution < 1.29 is 28.6 Å². The molecule has 0 saturated carbocycles. The molecule has 0 bridgehead atoms. The van der Waals surface area contributed by atoms with Gasteiger partial charge in [-0.05, 0) is 38.5 Å². The van der Waals surface area contributed by atoms with Gasteiger partial charge in [-0.15, -0.1) is 0 Å². The number of unbranched alkanes of at least 4 members (excludes halogenated alkanes) is 33. The summed E-state index contributed by atoms with van der Waals surface area (Å²) in [5.74, 6) is -0.919. The monoisotopic (exact) mass is 935 g/mol. The molecule has 1 unspecified atom stereocenters. The summed E-state index contributed by atoms with van der Waals surface area (Å²) in [5, 5.41) is 0. The maximum atomic E-state index is 12.9. The minimum Gasteiger partial charge on any atom is -0.462 e. The zero-order valence-corrected chi connectivity index (χ0v) is 44.2. The van der Waals surface area contributed by atoms with Gasteiger partial charge >= 0.3 is 17.9 Å². The highest BCUT2D eigenvalue weighted by Crippen LogP contribution is 2.17. The van der Waals surface area contributed by atoms with E-state index in [4.69, 9.17) is 14.2 Å². The molecule has 0 radical (unpaired) electrons. The summed E-state index contributed by atoms with van der Waals surface area (Å²) in [5.41, 5.74) is 0. The summed E-state index contributed by atoms with van der Waals surface area (Å²) in [4.78, 5) is 38.1. The van der Waals surface area contributed by atoms with Gasteiger partial charge in [0, 0.05) is 19.3 Å². The molecular weight excluding hydrogens is 829 g/mol. The number of esters is 3. The van der Waals surface area contributed by atoms with Gasteiger partial charge in [-0.2, -0.15) is 0 Å². The van der Waals surface area contributed by atoms with Crippen molar-refractivity contribution in [3.8, 4) is 0 Å². The molecule has 0 rings (SSSR count). The topological polar surface area (TPSA) is 78.9 Å². The van der Waals surface area contributed by atoms with Gasteiger partial charge in [0.15, 0.2) is 6.10 Å². The SMILES string of the molecule is CC\C=C/C=C\C=C/C=C\C=C\C=C/CCCCCC(=O)OCC(COC(=O)CCCCCCCCCCCCCCCCC)OC(=O)CCCCCCCCCCCCCCCCCCC. The van der Waals surface area contributed by atoms with Crippen molar-refractivity contribution in [2.24, 2.45) is 0 Å². The highest BCUT2D eigenvalue weighted by Gasteiger charge is 2.19. The third-order valence-corrected chi connectivity index (χ3v) is 12.4. The maximum Gasteiger partial charge on any atom is 0.306 e. The molecule has 0 aromatic carbocycles. The Balaban J connectivity index is 4.44. The molecule has 0 aliphatic rings. The molecule has 0 aromatic rings. The van der Waals surface area contributed by atoms with E-state index in [9.17, 15) is 14.4 Å². The third kappa shape index (κ3) is 53.7. The predicted molar refractivity (Wildman–Crippen MR) is 288 cm³/mol. The van der Waals surface area contributed by atoms with Crippen LogP contribution < -0.4 is 0 Å². The van der Waals surface area contributed by atoms with Crippen molar-refractivity contribution in [3.05, 3.63) is 72.9 Å². The van der Waals surface area contributed by atoms with Crippen molar-refractivity contribution in [1.82, 2.24) is 0 Å². The van der Waals surface area contributed by atoms with Gasteiger partial charge in [-0.1, -0.05) is 293 Å². The second-order valence-electron chi connectivity index (χ2n) is 19.0. The van der Waals surface area contributed by atoms with Crippen LogP contribution in [-0.2, 0) is 28.6 Å². The first-order chi connectivity index (χ1) is 33.0. The van der Waals surface area contributed by atoms with E-state index in [-0.39, 0.29) is 31.1 Å². The molecule has 0 spiro atoms. The summed E-state index contributed by atoms with van der Waals surface area (Å²) >= 11 is 0. The molecule has 0 N–H and O–H groups in total. The minimum atomic E-state index is -0.791. The standard InChI is InChI=1S/C61H106O6/c1-4-7-10-13-16-19-22-25-28-30-33-36-39-42-45-48-51-54-60(63)66-57-58(56-65-59(62)53-50-47-44-41-38-35-32-27-24-21-18-15-12-9-6-3)67-61(64)55-52-49-46-43-40-37-34-31-29-26-23-20-17-14-11-8-5-2/h7,10,13,16,19,22,25,28,30,33,36,39,58H,4-6,8-9,11-12,14-15,17-18,20-21,23-24,26-27,29,31-32,34-35,37-38,40-57H2,1-3H3/b10-7-,16-13-,22-19-,28-25-,33-30+,39-36-. The van der Waals surface area contributed by atoms with Crippen LogP contribution >= 0.6 is 0 Å². The normalized spacial score (nSPS) is 12.6. The van der Waals surface area contributed by atoms with Crippen LogP contribution in [0.15, 0.2) is 72.9 Å². The Morgan fingerprint density at radius 2 is 0.582 bits per heavy atom. The van der Waals surface area contributed by atoms with E-state index in [0.717, 1.165) is 70.6 Å². The van der Waals surface area contributed by atoms with Gasteiger partial charge in [0.2, 0.25) is 0 Å². The van der Waals surface area contributed by atoms with E-state index < -0.39 is 6.10 Å². The quantitative estimate of drug-likeness (QED) is 0.0262. The number of carbonyl (C=O) groups is 3. The number of hydrogen-bond donors (Lipinski definition) is 0. The van der Waals surface area contributed by atoms with E-state index in [1.165, 1.54) is 167 Å². The number of hydrogen-bond acceptors (Lipinski definition) is 6. The smallest absolute Gasteiger partial charge is 0.306 e. The van der Waals surface area contributed by atoms with Crippen molar-refractivity contribution >= 4 is 17.9 Å². The van der Waals surface area contributed by atoms with E-state index in [1.807, 2.05) is 60.8 Å². The van der Waals surface area contributed by atoms with Gasteiger partial charge in [0.25, 0.3) is 0 Å². The van der Waals surface area contributed by atoms with Crippen LogP contribution in [0.3, 0.4) is 0 Å². The average molecular weight is 936 g/mol. The maximum absolute atomic E-state index is 12.9. The van der Waals surface area contributed by atoms with Crippen LogP contribution in [0.4, 0.5) is 0 Å². The molecule has 386 valence electrons. The van der Waals surface area contributed by atoms with Crippen molar-refractivity contribution in [3.63, 3.8) is 0 Å². The molecule has 6 nitrogen and oxygen atoms in total. The summed E-state index contributed by atoms with van der Waals surface area (Å²) in [6.45, 7) is 6.49. The summed E-state index contributed by atoms with van der Waals surface area (Å²) in [7, 11) is 0. The van der Waals surface area contributed by atoms with Crippen LogP contribution in [0.1, 0.15) is 278 Å². The first-order valence-electron chi connectivity index (χ1n) is 28.5. The fraction of sp³-hybridized carbons (Fsp3) is 0.754. The van der Waals surface area contributed by atoms with E-state index >= 15 is 0 Å². The van der Waals surface area contributed by atoms with E-state index in [0.29, 0.717) is 19.3 Å². The molecular formula is C61H106O6. The molecule has 0 amide bonds. The van der Waals surface area contributed by atoms with Crippen LogP contribution in [-0.4, -0.2) is 37.2 Å². The molecule has 0 aromatic heterocycles. The molecule has 0 aliphatic heterocycles. The molecule has 1 atom stereocenters. The lowest BCUT2D eigenvalue weighted by atomic mass is 10.0. The van der Waals surface area contributed by atoms with Gasteiger partial charge in [0.05, 0.1) is 0 Å². The summed E-state index contributed by atoms with van der Waals surface area (Å²) in [6.07, 6.45) is 70.3. The lowest BCUT2D eigenvalue weighted by Crippen LogP contribution is -2.30. The number of rotatable bonds is 51. The molecule has 0 aliphatic carbocycles. The largest absolute Gasteiger partial charge is 0.462 e. The lowest BCUT2D eigenvalue weighted by Gasteiger charge is -2.18. The summed E-state index contributed by atoms with van der Waals surface area (Å²) < 4.78 is 16.8.